The lowest BCUT2D eigenvalue weighted by Crippen LogP contribution is -2.33. The van der Waals surface area contributed by atoms with Crippen molar-refractivity contribution in [2.24, 2.45) is 0 Å². The molecular weight excluding hydrogens is 302 g/mol. The molecular formula is C18H23N5O. The summed E-state index contributed by atoms with van der Waals surface area (Å²) in [5, 5.41) is 16.6. The summed E-state index contributed by atoms with van der Waals surface area (Å²) in [7, 11) is 0. The number of hydrogen-bond donors (Lipinski definition) is 1. The number of nitrogens with one attached hydrogen (secondary N) is 1. The first kappa shape index (κ1) is 15.3. The van der Waals surface area contributed by atoms with E-state index in [9.17, 15) is 4.79 Å². The molecule has 1 saturated carbocycles. The van der Waals surface area contributed by atoms with Crippen LogP contribution < -0.4 is 10.9 Å². The molecule has 0 aliphatic heterocycles. The minimum atomic E-state index is 0.00139. The largest absolute Gasteiger partial charge is 0.366 e. The zero-order valence-corrected chi connectivity index (χ0v) is 14.0. The third-order valence-corrected chi connectivity index (χ3v) is 5.17. The van der Waals surface area contributed by atoms with Crippen molar-refractivity contribution in [2.45, 2.75) is 64.0 Å². The topological polar surface area (TPSA) is 72.7 Å². The summed E-state index contributed by atoms with van der Waals surface area (Å²) >= 11 is 0. The van der Waals surface area contributed by atoms with Crippen LogP contribution in [-0.4, -0.2) is 26.0 Å². The van der Waals surface area contributed by atoms with Crippen LogP contribution in [0.4, 0.5) is 5.82 Å². The summed E-state index contributed by atoms with van der Waals surface area (Å²) in [6, 6.07) is 6.16. The number of rotatable bonds is 3. The molecule has 0 spiro atoms. The lowest BCUT2D eigenvalue weighted by molar-refractivity contribution is 0.302. The lowest BCUT2D eigenvalue weighted by Gasteiger charge is -2.29. The van der Waals surface area contributed by atoms with Crippen molar-refractivity contribution in [3.63, 3.8) is 0 Å². The molecule has 24 heavy (non-hydrogen) atoms. The second-order valence-electron chi connectivity index (χ2n) is 6.96. The van der Waals surface area contributed by atoms with Crippen molar-refractivity contribution in [2.75, 3.05) is 5.32 Å². The highest BCUT2D eigenvalue weighted by atomic mass is 16.1. The van der Waals surface area contributed by atoms with E-state index in [2.05, 4.69) is 26.7 Å². The van der Waals surface area contributed by atoms with Gasteiger partial charge in [0.25, 0.3) is 5.56 Å². The Morgan fingerprint density at radius 2 is 1.96 bits per heavy atom. The maximum Gasteiger partial charge on any atom is 0.267 e. The zero-order chi connectivity index (χ0) is 16.5. The Morgan fingerprint density at radius 3 is 2.79 bits per heavy atom. The molecule has 4 rings (SSSR count). The van der Waals surface area contributed by atoms with Crippen molar-refractivity contribution in [1.82, 2.24) is 20.0 Å². The predicted molar refractivity (Wildman–Crippen MR) is 92.2 cm³/mol. The summed E-state index contributed by atoms with van der Waals surface area (Å²) in [6.07, 6.45) is 7.34. The van der Waals surface area contributed by atoms with E-state index < -0.39 is 0 Å². The van der Waals surface area contributed by atoms with Gasteiger partial charge in [0.15, 0.2) is 0 Å². The summed E-state index contributed by atoms with van der Waals surface area (Å²) in [4.78, 5) is 12.0. The number of hydrogen-bond acceptors (Lipinski definition) is 5. The summed E-state index contributed by atoms with van der Waals surface area (Å²) < 4.78 is 1.67. The lowest BCUT2D eigenvalue weighted by atomic mass is 9.91. The van der Waals surface area contributed by atoms with Gasteiger partial charge in [-0.15, -0.1) is 5.10 Å². The maximum atomic E-state index is 12.0. The van der Waals surface area contributed by atoms with Crippen LogP contribution in [0, 0.1) is 6.92 Å². The molecule has 2 aliphatic carbocycles. The van der Waals surface area contributed by atoms with Gasteiger partial charge in [0.2, 0.25) is 0 Å². The Morgan fingerprint density at radius 1 is 1.12 bits per heavy atom. The molecule has 0 amide bonds. The quantitative estimate of drug-likeness (QED) is 0.938. The molecule has 1 fully saturated rings. The fourth-order valence-electron chi connectivity index (χ4n) is 3.86. The van der Waals surface area contributed by atoms with Gasteiger partial charge in [-0.05, 0) is 69.6 Å². The third kappa shape index (κ3) is 3.05. The Bertz CT molecular complexity index is 792. The molecule has 0 bridgehead atoms. The van der Waals surface area contributed by atoms with E-state index in [4.69, 9.17) is 0 Å². The van der Waals surface area contributed by atoms with Crippen LogP contribution in [0.15, 0.2) is 23.0 Å². The Labute approximate surface area is 141 Å². The highest BCUT2D eigenvalue weighted by molar-refractivity contribution is 5.40. The summed E-state index contributed by atoms with van der Waals surface area (Å²) in [5.74, 6) is 0.893. The van der Waals surface area contributed by atoms with Crippen LogP contribution in [0.25, 0.3) is 0 Å². The standard InChI is InChI=1S/C18H23N5O/c1-12-5-10-18(24)23(22-12)15-8-6-14(7-9-15)19-17-11-13-3-2-4-16(13)20-21-17/h5,10-11,14-15H,2-4,6-9H2,1H3,(H,19,21). The monoisotopic (exact) mass is 325 g/mol. The van der Waals surface area contributed by atoms with Crippen molar-refractivity contribution in [3.8, 4) is 0 Å². The van der Waals surface area contributed by atoms with Crippen molar-refractivity contribution in [1.29, 1.82) is 0 Å². The molecule has 126 valence electrons. The van der Waals surface area contributed by atoms with E-state index in [0.29, 0.717) is 6.04 Å². The molecule has 0 unspecified atom stereocenters. The smallest absolute Gasteiger partial charge is 0.267 e. The van der Waals surface area contributed by atoms with Gasteiger partial charge >= 0.3 is 0 Å². The second-order valence-corrected chi connectivity index (χ2v) is 6.96. The number of nitrogens with zero attached hydrogens (tertiary/aromatic N) is 4. The van der Waals surface area contributed by atoms with Crippen LogP contribution in [0.5, 0.6) is 0 Å². The van der Waals surface area contributed by atoms with Gasteiger partial charge in [-0.1, -0.05) is 0 Å². The highest BCUT2D eigenvalue weighted by Gasteiger charge is 2.24. The summed E-state index contributed by atoms with van der Waals surface area (Å²) in [5.41, 5.74) is 3.40. The molecule has 2 aliphatic rings. The van der Waals surface area contributed by atoms with Gasteiger partial charge in [0.1, 0.15) is 5.82 Å². The van der Waals surface area contributed by atoms with Gasteiger partial charge in [-0.2, -0.15) is 10.2 Å². The van der Waals surface area contributed by atoms with Gasteiger partial charge in [-0.25, -0.2) is 4.68 Å². The first-order valence-electron chi connectivity index (χ1n) is 8.87. The number of fused-ring (bicyclic) bond motifs is 1. The van der Waals surface area contributed by atoms with Crippen molar-refractivity contribution in [3.05, 3.63) is 45.5 Å². The van der Waals surface area contributed by atoms with Gasteiger partial charge in [0.05, 0.1) is 17.4 Å². The zero-order valence-electron chi connectivity index (χ0n) is 14.0. The second kappa shape index (κ2) is 6.34. The molecule has 6 heteroatoms. The summed E-state index contributed by atoms with van der Waals surface area (Å²) in [6.45, 7) is 1.93. The minimum Gasteiger partial charge on any atom is -0.366 e. The normalized spacial score (nSPS) is 23.0. The number of aryl methyl sites for hydroxylation is 3. The average Bonchev–Trinajstić information content (AvgIpc) is 3.06. The number of anilines is 1. The Balaban J connectivity index is 1.39. The fraction of sp³-hybridized carbons (Fsp3) is 0.556. The molecule has 2 heterocycles. The van der Waals surface area contributed by atoms with Crippen LogP contribution >= 0.6 is 0 Å². The predicted octanol–water partition coefficient (Wildman–Crippen LogP) is 2.43. The van der Waals surface area contributed by atoms with Crippen LogP contribution in [0.2, 0.25) is 0 Å². The van der Waals surface area contributed by atoms with E-state index in [1.165, 1.54) is 12.0 Å². The van der Waals surface area contributed by atoms with Crippen molar-refractivity contribution < 1.29 is 0 Å². The van der Waals surface area contributed by atoms with Crippen LogP contribution in [0.3, 0.4) is 0 Å². The van der Waals surface area contributed by atoms with E-state index in [1.807, 2.05) is 6.92 Å². The van der Waals surface area contributed by atoms with E-state index in [0.717, 1.165) is 55.7 Å². The van der Waals surface area contributed by atoms with E-state index in [1.54, 1.807) is 16.8 Å². The molecule has 0 saturated heterocycles. The molecule has 1 N–H and O–H groups in total. The van der Waals surface area contributed by atoms with Crippen LogP contribution in [0.1, 0.15) is 55.1 Å². The van der Waals surface area contributed by atoms with E-state index in [-0.39, 0.29) is 11.6 Å². The van der Waals surface area contributed by atoms with Gasteiger partial charge < -0.3 is 5.32 Å². The van der Waals surface area contributed by atoms with E-state index >= 15 is 0 Å². The molecule has 0 radical (unpaired) electrons. The SMILES string of the molecule is Cc1ccc(=O)n(C2CCC(Nc3cc4c(nn3)CCC4)CC2)n1. The first-order valence-corrected chi connectivity index (χ1v) is 8.87. The Hall–Kier alpha value is -2.24. The molecule has 2 aromatic heterocycles. The molecule has 0 atom stereocenters. The van der Waals surface area contributed by atoms with Crippen molar-refractivity contribution >= 4 is 5.82 Å². The van der Waals surface area contributed by atoms with Crippen LogP contribution in [-0.2, 0) is 12.8 Å². The maximum absolute atomic E-state index is 12.0. The van der Waals surface area contributed by atoms with Gasteiger partial charge in [-0.3, -0.25) is 4.79 Å². The fourth-order valence-corrected chi connectivity index (χ4v) is 3.86. The average molecular weight is 325 g/mol. The molecule has 0 aromatic carbocycles. The van der Waals surface area contributed by atoms with Gasteiger partial charge in [0, 0.05) is 12.1 Å². The Kier molecular flexibility index (Phi) is 4.04. The minimum absolute atomic E-state index is 0.00139. The third-order valence-electron chi connectivity index (χ3n) is 5.17. The molecule has 2 aromatic rings. The molecule has 6 nitrogen and oxygen atoms in total. The first-order chi connectivity index (χ1) is 11.7. The number of aromatic nitrogens is 4. The highest BCUT2D eigenvalue weighted by Crippen LogP contribution is 2.29.